The molecule has 0 aliphatic carbocycles. The van der Waals surface area contributed by atoms with Gasteiger partial charge in [0.1, 0.15) is 22.3 Å². The first-order valence-corrected chi connectivity index (χ1v) is 23.2. The summed E-state index contributed by atoms with van der Waals surface area (Å²) in [5.74, 6) is 1.74. The zero-order valence-corrected chi connectivity index (χ0v) is 37.0. The van der Waals surface area contributed by atoms with Crippen LogP contribution in [-0.4, -0.2) is 19.5 Å². The quantitative estimate of drug-likeness (QED) is 0.159. The molecule has 69 heavy (non-hydrogen) atoms. The Morgan fingerprint density at radius 2 is 0.768 bits per heavy atom. The van der Waals surface area contributed by atoms with Gasteiger partial charge in [-0.25, -0.2) is 15.0 Å². The molecule has 4 heterocycles. The molecule has 10 aromatic carbocycles. The van der Waals surface area contributed by atoms with Crippen LogP contribution in [0.2, 0.25) is 0 Å². The minimum absolute atomic E-state index is 0.568. The van der Waals surface area contributed by atoms with Crippen molar-refractivity contribution in [2.75, 3.05) is 0 Å². The average molecular weight is 883 g/mol. The molecule has 0 fully saturated rings. The van der Waals surface area contributed by atoms with Crippen molar-refractivity contribution in [3.63, 3.8) is 0 Å². The Kier molecular flexibility index (Phi) is 8.79. The van der Waals surface area contributed by atoms with Crippen molar-refractivity contribution < 1.29 is 8.83 Å². The Balaban J connectivity index is 0.960. The van der Waals surface area contributed by atoms with Crippen molar-refractivity contribution in [3.05, 3.63) is 231 Å². The van der Waals surface area contributed by atoms with Crippen LogP contribution >= 0.6 is 0 Å². The van der Waals surface area contributed by atoms with Crippen LogP contribution in [0, 0.1) is 0 Å². The van der Waals surface area contributed by atoms with Crippen LogP contribution in [0.4, 0.5) is 0 Å². The lowest BCUT2D eigenvalue weighted by atomic mass is 9.93. The molecule has 0 aliphatic rings. The Labute approximate surface area is 396 Å². The zero-order valence-electron chi connectivity index (χ0n) is 37.0. The third-order valence-electron chi connectivity index (χ3n) is 13.4. The van der Waals surface area contributed by atoms with Crippen molar-refractivity contribution in [1.82, 2.24) is 19.5 Å². The van der Waals surface area contributed by atoms with Crippen LogP contribution in [0.15, 0.2) is 239 Å². The van der Waals surface area contributed by atoms with Crippen molar-refractivity contribution >= 4 is 65.7 Å². The number of benzene rings is 10. The topological polar surface area (TPSA) is 69.9 Å². The molecular weight excluding hydrogens is 845 g/mol. The molecule has 0 aliphatic heterocycles. The second-order valence-electron chi connectivity index (χ2n) is 17.6. The predicted molar refractivity (Wildman–Crippen MR) is 281 cm³/mol. The van der Waals surface area contributed by atoms with Crippen molar-refractivity contribution in [2.45, 2.75) is 0 Å². The first-order valence-electron chi connectivity index (χ1n) is 23.2. The number of aromatic nitrogens is 4. The SMILES string of the molecule is c1ccc(-c2cc(-c3cccc(-c4ccc5c(c4)oc4ccccc45)c3)c3c(c2)c2ccccc2n3-c2cccc(-c3nc(-c4ccccc4)nc(-c4ccc5c(c4)oc4ccccc45)n3)c2)cc1. The molecule has 6 nitrogen and oxygen atoms in total. The molecule has 0 saturated carbocycles. The lowest BCUT2D eigenvalue weighted by Gasteiger charge is -2.15. The van der Waals surface area contributed by atoms with Gasteiger partial charge in [0.25, 0.3) is 0 Å². The normalized spacial score (nSPS) is 11.8. The predicted octanol–water partition coefficient (Wildman–Crippen LogP) is 16.8. The van der Waals surface area contributed by atoms with Crippen molar-refractivity contribution in [1.29, 1.82) is 0 Å². The number of para-hydroxylation sites is 3. The Hall–Kier alpha value is -9.39. The van der Waals surface area contributed by atoms with E-state index >= 15 is 0 Å². The summed E-state index contributed by atoms with van der Waals surface area (Å²) in [6.07, 6.45) is 0. The Morgan fingerprint density at radius 3 is 1.48 bits per heavy atom. The van der Waals surface area contributed by atoms with Gasteiger partial charge >= 0.3 is 0 Å². The van der Waals surface area contributed by atoms with E-state index in [0.29, 0.717) is 17.5 Å². The average Bonchev–Trinajstić information content (AvgIpc) is 4.10. The zero-order chi connectivity index (χ0) is 45.4. The van der Waals surface area contributed by atoms with Crippen LogP contribution in [0.3, 0.4) is 0 Å². The van der Waals surface area contributed by atoms with Gasteiger partial charge in [-0.2, -0.15) is 0 Å². The molecule has 0 atom stereocenters. The summed E-state index contributed by atoms with van der Waals surface area (Å²) in [6.45, 7) is 0. The molecule has 14 aromatic rings. The molecule has 14 rings (SSSR count). The molecule has 0 amide bonds. The number of furan rings is 2. The molecule has 0 spiro atoms. The maximum atomic E-state index is 6.36. The second kappa shape index (κ2) is 15.6. The smallest absolute Gasteiger partial charge is 0.164 e. The van der Waals surface area contributed by atoms with Gasteiger partial charge in [-0.05, 0) is 101 Å². The highest BCUT2D eigenvalue weighted by atomic mass is 16.3. The lowest BCUT2D eigenvalue weighted by Crippen LogP contribution is -2.01. The Morgan fingerprint density at radius 1 is 0.275 bits per heavy atom. The minimum atomic E-state index is 0.568. The summed E-state index contributed by atoms with van der Waals surface area (Å²) in [5.41, 5.74) is 16.0. The standard InChI is InChI=1S/C63H38N4O2/c1-3-15-39(16-4-1)46-35-53(43-20-13-19-41(33-43)42-29-31-51-49-24-8-11-27-56(49)68-58(51)37-42)60-54(36-46)48-23-7-10-26-55(48)67(60)47-22-14-21-44(34-47)62-64-61(40-17-5-2-6-18-40)65-63(66-62)45-30-32-52-50-25-9-12-28-57(50)69-59(52)38-45/h1-38H. The molecule has 0 bridgehead atoms. The van der Waals surface area contributed by atoms with Gasteiger partial charge < -0.3 is 13.4 Å². The van der Waals surface area contributed by atoms with Gasteiger partial charge in [0.15, 0.2) is 17.5 Å². The van der Waals surface area contributed by atoms with E-state index in [4.69, 9.17) is 23.8 Å². The van der Waals surface area contributed by atoms with E-state index in [1.165, 1.54) is 5.39 Å². The van der Waals surface area contributed by atoms with Crippen LogP contribution in [0.1, 0.15) is 0 Å². The highest BCUT2D eigenvalue weighted by Crippen LogP contribution is 2.43. The second-order valence-corrected chi connectivity index (χ2v) is 17.6. The van der Waals surface area contributed by atoms with Crippen molar-refractivity contribution in [2.24, 2.45) is 0 Å². The molecule has 322 valence electrons. The van der Waals surface area contributed by atoms with E-state index in [9.17, 15) is 0 Å². The lowest BCUT2D eigenvalue weighted by molar-refractivity contribution is 0.668. The van der Waals surface area contributed by atoms with Gasteiger partial charge in [-0.3, -0.25) is 0 Å². The summed E-state index contributed by atoms with van der Waals surface area (Å²) in [5, 5.41) is 6.70. The highest BCUT2D eigenvalue weighted by molar-refractivity contribution is 6.15. The summed E-state index contributed by atoms with van der Waals surface area (Å²) in [7, 11) is 0. The van der Waals surface area contributed by atoms with Gasteiger partial charge in [0.2, 0.25) is 0 Å². The summed E-state index contributed by atoms with van der Waals surface area (Å²) in [4.78, 5) is 15.4. The molecule has 0 N–H and O–H groups in total. The van der Waals surface area contributed by atoms with Crippen LogP contribution in [0.25, 0.3) is 139 Å². The maximum Gasteiger partial charge on any atom is 0.164 e. The molecule has 0 unspecified atom stereocenters. The third kappa shape index (κ3) is 6.53. The van der Waals surface area contributed by atoms with E-state index in [-0.39, 0.29) is 0 Å². The van der Waals surface area contributed by atoms with E-state index in [1.807, 2.05) is 66.7 Å². The fourth-order valence-electron chi connectivity index (χ4n) is 10.2. The van der Waals surface area contributed by atoms with Gasteiger partial charge in [-0.1, -0.05) is 158 Å². The van der Waals surface area contributed by atoms with Crippen molar-refractivity contribution in [3.8, 4) is 73.2 Å². The first kappa shape index (κ1) is 38.8. The fourth-order valence-corrected chi connectivity index (χ4v) is 10.2. The summed E-state index contributed by atoms with van der Waals surface area (Å²) in [6, 6.07) is 80.7. The largest absolute Gasteiger partial charge is 0.456 e. The number of hydrogen-bond donors (Lipinski definition) is 0. The van der Waals surface area contributed by atoms with Crippen LogP contribution in [0.5, 0.6) is 0 Å². The number of rotatable bonds is 7. The third-order valence-corrected chi connectivity index (χ3v) is 13.4. The van der Waals surface area contributed by atoms with E-state index in [1.54, 1.807) is 0 Å². The van der Waals surface area contributed by atoms with Gasteiger partial charge in [0, 0.05) is 60.3 Å². The fraction of sp³-hybridized carbons (Fsp3) is 0. The number of nitrogens with zero attached hydrogens (tertiary/aromatic N) is 4. The molecule has 6 heteroatoms. The van der Waals surface area contributed by atoms with E-state index < -0.39 is 0 Å². The highest BCUT2D eigenvalue weighted by Gasteiger charge is 2.21. The first-order chi connectivity index (χ1) is 34.2. The molecule has 4 aromatic heterocycles. The van der Waals surface area contributed by atoms with Crippen LogP contribution in [-0.2, 0) is 0 Å². The van der Waals surface area contributed by atoms with Gasteiger partial charge in [0.05, 0.1) is 11.0 Å². The molecular formula is C63H38N4O2. The molecule has 0 saturated heterocycles. The van der Waals surface area contributed by atoms with Crippen LogP contribution < -0.4 is 0 Å². The number of hydrogen-bond acceptors (Lipinski definition) is 5. The Bertz CT molecular complexity index is 4320. The number of fused-ring (bicyclic) bond motifs is 9. The minimum Gasteiger partial charge on any atom is -0.456 e. The maximum absolute atomic E-state index is 6.36. The van der Waals surface area contributed by atoms with E-state index in [0.717, 1.165) is 116 Å². The summed E-state index contributed by atoms with van der Waals surface area (Å²) < 4.78 is 15.1. The monoisotopic (exact) mass is 882 g/mol. The molecule has 0 radical (unpaired) electrons. The van der Waals surface area contributed by atoms with E-state index in [2.05, 4.69) is 168 Å². The summed E-state index contributed by atoms with van der Waals surface area (Å²) >= 11 is 0. The van der Waals surface area contributed by atoms with Gasteiger partial charge in [-0.15, -0.1) is 0 Å².